The van der Waals surface area contributed by atoms with Crippen molar-refractivity contribution in [3.8, 4) is 0 Å². The highest BCUT2D eigenvalue weighted by Gasteiger charge is 2.62. The number of hydrogen-bond donors (Lipinski definition) is 2. The van der Waals surface area contributed by atoms with Crippen LogP contribution in [0.3, 0.4) is 0 Å². The number of amides is 2. The molecule has 2 rings (SSSR count). The highest BCUT2D eigenvalue weighted by molar-refractivity contribution is 5.94. The molecule has 0 radical (unpaired) electrons. The Labute approximate surface area is 183 Å². The molecule has 32 heavy (non-hydrogen) atoms. The number of ether oxygens (including phenoxy) is 5. The number of hydrogen-bond acceptors (Lipinski definition) is 10. The van der Waals surface area contributed by atoms with Crippen LogP contribution in [0.15, 0.2) is 30.3 Å². The highest BCUT2D eigenvalue weighted by Crippen LogP contribution is 2.32. The van der Waals surface area contributed by atoms with E-state index >= 15 is 0 Å². The topological polar surface area (TPSA) is 156 Å². The van der Waals surface area contributed by atoms with Gasteiger partial charge < -0.3 is 29.0 Å². The molecule has 1 aliphatic rings. The van der Waals surface area contributed by atoms with Crippen LogP contribution >= 0.6 is 0 Å². The van der Waals surface area contributed by atoms with E-state index in [0.717, 1.165) is 27.9 Å². The number of urea groups is 1. The van der Waals surface area contributed by atoms with Crippen LogP contribution in [-0.2, 0) is 42.9 Å². The van der Waals surface area contributed by atoms with Gasteiger partial charge >= 0.3 is 29.9 Å². The molecule has 0 unspecified atom stereocenters. The van der Waals surface area contributed by atoms with Gasteiger partial charge in [-0.1, -0.05) is 18.2 Å². The first-order valence-corrected chi connectivity index (χ1v) is 9.47. The van der Waals surface area contributed by atoms with Gasteiger partial charge in [0.1, 0.15) is 0 Å². The third-order valence-electron chi connectivity index (χ3n) is 4.27. The number of carbonyl (C=O) groups excluding carboxylic acids is 5. The number of methoxy groups -OCH3 is 1. The molecule has 4 atom stereocenters. The minimum absolute atomic E-state index is 0.388. The lowest BCUT2D eigenvalue weighted by Gasteiger charge is -2.46. The third kappa shape index (κ3) is 5.94. The molecular formula is C20H24N2O10. The number of esters is 4. The Balaban J connectivity index is 2.47. The van der Waals surface area contributed by atoms with Crippen LogP contribution < -0.4 is 10.6 Å². The SMILES string of the molecule is COC(=O)[C@]1(NC(=O)Nc2ccccc2)OC[C@H](OC(C)=O)[C@@H](OC(C)=O)[C@@H]1OC(C)=O. The molecule has 1 heterocycles. The van der Waals surface area contributed by atoms with Crippen molar-refractivity contribution in [3.63, 3.8) is 0 Å². The van der Waals surface area contributed by atoms with Crippen molar-refractivity contribution in [1.82, 2.24) is 5.32 Å². The molecule has 1 aliphatic heterocycles. The fourth-order valence-corrected chi connectivity index (χ4v) is 3.13. The fourth-order valence-electron chi connectivity index (χ4n) is 3.13. The Kier molecular flexibility index (Phi) is 8.13. The molecular weight excluding hydrogens is 428 g/mol. The van der Waals surface area contributed by atoms with Crippen LogP contribution in [0.5, 0.6) is 0 Å². The molecule has 174 valence electrons. The second kappa shape index (κ2) is 10.6. The van der Waals surface area contributed by atoms with Gasteiger partial charge in [0.05, 0.1) is 13.7 Å². The molecule has 0 spiro atoms. The summed E-state index contributed by atoms with van der Waals surface area (Å²) < 4.78 is 25.9. The Morgan fingerprint density at radius 3 is 2.06 bits per heavy atom. The van der Waals surface area contributed by atoms with Gasteiger partial charge in [0.2, 0.25) is 6.10 Å². The Morgan fingerprint density at radius 2 is 1.53 bits per heavy atom. The van der Waals surface area contributed by atoms with Gasteiger partial charge in [-0.3, -0.25) is 19.7 Å². The zero-order chi connectivity index (χ0) is 23.9. The van der Waals surface area contributed by atoms with Gasteiger partial charge in [0, 0.05) is 26.5 Å². The lowest BCUT2D eigenvalue weighted by atomic mass is 9.93. The number of carbonyl (C=O) groups is 5. The molecule has 1 fully saturated rings. The first-order valence-electron chi connectivity index (χ1n) is 9.47. The molecule has 2 amide bonds. The van der Waals surface area contributed by atoms with Crippen molar-refractivity contribution in [2.24, 2.45) is 0 Å². The van der Waals surface area contributed by atoms with Crippen LogP contribution in [0.1, 0.15) is 20.8 Å². The maximum atomic E-state index is 12.8. The first-order chi connectivity index (χ1) is 15.1. The Bertz CT molecular complexity index is 874. The predicted molar refractivity (Wildman–Crippen MR) is 106 cm³/mol. The van der Waals surface area contributed by atoms with Crippen molar-refractivity contribution < 1.29 is 47.7 Å². The number of anilines is 1. The van der Waals surface area contributed by atoms with E-state index in [1.54, 1.807) is 30.3 Å². The molecule has 0 bridgehead atoms. The smallest absolute Gasteiger partial charge is 0.363 e. The summed E-state index contributed by atoms with van der Waals surface area (Å²) in [5, 5.41) is 4.80. The Hall–Kier alpha value is -3.67. The molecule has 0 saturated carbocycles. The van der Waals surface area contributed by atoms with E-state index in [1.165, 1.54) is 0 Å². The summed E-state index contributed by atoms with van der Waals surface area (Å²) in [5.74, 6) is -3.60. The molecule has 2 N–H and O–H groups in total. The molecule has 12 heteroatoms. The number of benzene rings is 1. The van der Waals surface area contributed by atoms with Crippen LogP contribution in [0.4, 0.5) is 10.5 Å². The fraction of sp³-hybridized carbons (Fsp3) is 0.450. The molecule has 12 nitrogen and oxygen atoms in total. The summed E-state index contributed by atoms with van der Waals surface area (Å²) in [7, 11) is 1.02. The zero-order valence-electron chi connectivity index (χ0n) is 17.9. The molecule has 1 aromatic carbocycles. The van der Waals surface area contributed by atoms with Crippen LogP contribution in [0, 0.1) is 0 Å². The summed E-state index contributed by atoms with van der Waals surface area (Å²) in [6.45, 7) is 2.72. The summed E-state index contributed by atoms with van der Waals surface area (Å²) in [6, 6.07) is 7.35. The maximum absolute atomic E-state index is 12.8. The molecule has 0 aromatic heterocycles. The van der Waals surface area contributed by atoms with Gasteiger partial charge in [-0.25, -0.2) is 9.59 Å². The summed E-state index contributed by atoms with van der Waals surface area (Å²) >= 11 is 0. The van der Waals surface area contributed by atoms with Gasteiger partial charge in [0.25, 0.3) is 5.72 Å². The number of para-hydroxylation sites is 1. The second-order valence-corrected chi connectivity index (χ2v) is 6.74. The summed E-state index contributed by atoms with van der Waals surface area (Å²) in [5.41, 5.74) is -2.03. The van der Waals surface area contributed by atoms with Crippen molar-refractivity contribution in [2.45, 2.75) is 44.8 Å². The third-order valence-corrected chi connectivity index (χ3v) is 4.27. The van der Waals surface area contributed by atoms with Gasteiger partial charge in [0.15, 0.2) is 12.2 Å². The normalized spacial score (nSPS) is 24.4. The summed E-state index contributed by atoms with van der Waals surface area (Å²) in [6.07, 6.45) is -4.49. The standard InChI is InChI=1S/C20H24N2O10/c1-11(23)30-15-10-29-20(18(26)28-4,17(32-13(3)25)16(15)31-12(2)24)22-19(27)21-14-8-6-5-7-9-14/h5-9,15-17H,10H2,1-4H3,(H2,21,22,27)/t15-,16+,17-,20+/m0/s1. The van der Waals surface area contributed by atoms with E-state index in [0.29, 0.717) is 5.69 Å². The Morgan fingerprint density at radius 1 is 0.938 bits per heavy atom. The van der Waals surface area contributed by atoms with Crippen molar-refractivity contribution in [1.29, 1.82) is 0 Å². The van der Waals surface area contributed by atoms with E-state index in [1.807, 2.05) is 0 Å². The van der Waals surface area contributed by atoms with E-state index in [2.05, 4.69) is 10.6 Å². The lowest BCUT2D eigenvalue weighted by Crippen LogP contribution is -2.74. The summed E-state index contributed by atoms with van der Waals surface area (Å²) in [4.78, 5) is 60.6. The quantitative estimate of drug-likeness (QED) is 0.460. The second-order valence-electron chi connectivity index (χ2n) is 6.74. The van der Waals surface area contributed by atoms with E-state index in [4.69, 9.17) is 23.7 Å². The number of rotatable bonds is 6. The predicted octanol–water partition coefficient (Wildman–Crippen LogP) is 0.503. The van der Waals surface area contributed by atoms with Crippen LogP contribution in [0.2, 0.25) is 0 Å². The largest absolute Gasteiger partial charge is 0.465 e. The van der Waals surface area contributed by atoms with Gasteiger partial charge in [-0.15, -0.1) is 0 Å². The molecule has 0 aliphatic carbocycles. The zero-order valence-corrected chi connectivity index (χ0v) is 17.9. The van der Waals surface area contributed by atoms with Gasteiger partial charge in [-0.2, -0.15) is 0 Å². The van der Waals surface area contributed by atoms with Gasteiger partial charge in [-0.05, 0) is 12.1 Å². The van der Waals surface area contributed by atoms with E-state index in [-0.39, 0.29) is 0 Å². The maximum Gasteiger partial charge on any atom is 0.363 e. The minimum atomic E-state index is -2.42. The molecule has 1 saturated heterocycles. The van der Waals surface area contributed by atoms with Crippen molar-refractivity contribution in [3.05, 3.63) is 30.3 Å². The van der Waals surface area contributed by atoms with Crippen molar-refractivity contribution in [2.75, 3.05) is 19.0 Å². The minimum Gasteiger partial charge on any atom is -0.465 e. The first kappa shape index (κ1) is 24.6. The van der Waals surface area contributed by atoms with E-state index in [9.17, 15) is 24.0 Å². The molecule has 1 aromatic rings. The average Bonchev–Trinajstić information content (AvgIpc) is 2.71. The number of nitrogens with one attached hydrogen (secondary N) is 2. The van der Waals surface area contributed by atoms with Crippen LogP contribution in [0.25, 0.3) is 0 Å². The van der Waals surface area contributed by atoms with E-state index < -0.39 is 60.6 Å². The lowest BCUT2D eigenvalue weighted by molar-refractivity contribution is -0.262. The monoisotopic (exact) mass is 452 g/mol. The average molecular weight is 452 g/mol. The highest BCUT2D eigenvalue weighted by atomic mass is 16.7. The van der Waals surface area contributed by atoms with Crippen molar-refractivity contribution >= 4 is 35.6 Å². The van der Waals surface area contributed by atoms with Crippen LogP contribution in [-0.4, -0.2) is 67.7 Å².